The number of aromatic nitrogens is 2. The molecule has 0 radical (unpaired) electrons. The van der Waals surface area contributed by atoms with E-state index in [2.05, 4.69) is 4.98 Å². The second kappa shape index (κ2) is 5.34. The lowest BCUT2D eigenvalue weighted by atomic mass is 10.2. The van der Waals surface area contributed by atoms with Crippen LogP contribution in [0, 0.1) is 0 Å². The molecule has 2 aromatic heterocycles. The summed E-state index contributed by atoms with van der Waals surface area (Å²) in [7, 11) is 0. The van der Waals surface area contributed by atoms with Crippen LogP contribution in [0.3, 0.4) is 0 Å². The summed E-state index contributed by atoms with van der Waals surface area (Å²) in [6, 6.07) is 8.74. The standard InChI is InChI=1S/C14H11ClN2O2S/c1-20-14-16-12-7-9(15)4-5-11(12)13(18)17(14)8-10-3-2-6-19-10/h2-7H,8H2,1H3. The highest BCUT2D eigenvalue weighted by molar-refractivity contribution is 7.98. The maximum atomic E-state index is 12.6. The minimum absolute atomic E-state index is 0.0904. The highest BCUT2D eigenvalue weighted by atomic mass is 35.5. The van der Waals surface area contributed by atoms with Crippen LogP contribution in [-0.4, -0.2) is 15.8 Å². The second-order valence-electron chi connectivity index (χ2n) is 4.23. The Balaban J connectivity index is 2.22. The minimum Gasteiger partial charge on any atom is -0.467 e. The van der Waals surface area contributed by atoms with E-state index in [-0.39, 0.29) is 5.56 Å². The van der Waals surface area contributed by atoms with Gasteiger partial charge in [-0.05, 0) is 36.6 Å². The number of benzene rings is 1. The molecule has 0 amide bonds. The van der Waals surface area contributed by atoms with Crippen molar-refractivity contribution < 1.29 is 4.42 Å². The van der Waals surface area contributed by atoms with Gasteiger partial charge in [0.15, 0.2) is 5.16 Å². The fourth-order valence-corrected chi connectivity index (χ4v) is 2.75. The largest absolute Gasteiger partial charge is 0.467 e. The molecule has 0 saturated heterocycles. The van der Waals surface area contributed by atoms with E-state index in [1.54, 1.807) is 35.1 Å². The van der Waals surface area contributed by atoms with Crippen molar-refractivity contribution in [3.63, 3.8) is 0 Å². The van der Waals surface area contributed by atoms with Crippen molar-refractivity contribution in [2.45, 2.75) is 11.7 Å². The van der Waals surface area contributed by atoms with Crippen molar-refractivity contribution in [2.24, 2.45) is 0 Å². The maximum absolute atomic E-state index is 12.6. The molecule has 102 valence electrons. The average Bonchev–Trinajstić information content (AvgIpc) is 2.94. The Bertz CT molecular complexity index is 812. The highest BCUT2D eigenvalue weighted by Crippen LogP contribution is 2.19. The molecule has 3 rings (SSSR count). The molecule has 1 aromatic carbocycles. The fourth-order valence-electron chi connectivity index (χ4n) is 2.03. The van der Waals surface area contributed by atoms with Gasteiger partial charge in [0, 0.05) is 5.02 Å². The van der Waals surface area contributed by atoms with Gasteiger partial charge in [-0.1, -0.05) is 23.4 Å². The summed E-state index contributed by atoms with van der Waals surface area (Å²) in [4.78, 5) is 17.1. The summed E-state index contributed by atoms with van der Waals surface area (Å²) in [5, 5.41) is 1.76. The molecule has 0 saturated carbocycles. The normalized spacial score (nSPS) is 11.1. The van der Waals surface area contributed by atoms with E-state index in [0.29, 0.717) is 27.6 Å². The molecule has 20 heavy (non-hydrogen) atoms. The third kappa shape index (κ3) is 2.34. The monoisotopic (exact) mass is 306 g/mol. The molecule has 0 aliphatic carbocycles. The number of halogens is 1. The molecule has 0 aliphatic heterocycles. The molecule has 0 spiro atoms. The summed E-state index contributed by atoms with van der Waals surface area (Å²) in [6.45, 7) is 0.369. The highest BCUT2D eigenvalue weighted by Gasteiger charge is 2.12. The van der Waals surface area contributed by atoms with E-state index in [9.17, 15) is 4.79 Å². The zero-order valence-corrected chi connectivity index (χ0v) is 12.2. The van der Waals surface area contributed by atoms with Crippen LogP contribution in [0.4, 0.5) is 0 Å². The van der Waals surface area contributed by atoms with E-state index < -0.39 is 0 Å². The first kappa shape index (κ1) is 13.3. The lowest BCUT2D eigenvalue weighted by molar-refractivity contribution is 0.476. The van der Waals surface area contributed by atoms with Gasteiger partial charge in [-0.25, -0.2) is 4.98 Å². The molecule has 4 nitrogen and oxygen atoms in total. The molecule has 0 atom stereocenters. The molecule has 0 unspecified atom stereocenters. The van der Waals surface area contributed by atoms with Crippen LogP contribution in [0.5, 0.6) is 0 Å². The van der Waals surface area contributed by atoms with Crippen molar-refractivity contribution in [1.29, 1.82) is 0 Å². The van der Waals surface area contributed by atoms with E-state index >= 15 is 0 Å². The number of fused-ring (bicyclic) bond motifs is 1. The average molecular weight is 307 g/mol. The maximum Gasteiger partial charge on any atom is 0.262 e. The summed E-state index contributed by atoms with van der Waals surface area (Å²) in [5.74, 6) is 0.720. The first-order valence-electron chi connectivity index (χ1n) is 5.95. The zero-order chi connectivity index (χ0) is 14.1. The van der Waals surface area contributed by atoms with E-state index in [0.717, 1.165) is 5.76 Å². The third-order valence-corrected chi connectivity index (χ3v) is 3.87. The number of hydrogen-bond acceptors (Lipinski definition) is 4. The smallest absolute Gasteiger partial charge is 0.262 e. The first-order valence-corrected chi connectivity index (χ1v) is 7.56. The van der Waals surface area contributed by atoms with Gasteiger partial charge in [-0.2, -0.15) is 0 Å². The van der Waals surface area contributed by atoms with Crippen molar-refractivity contribution in [3.05, 3.63) is 57.7 Å². The first-order chi connectivity index (χ1) is 9.69. The van der Waals surface area contributed by atoms with Crippen LogP contribution in [0.25, 0.3) is 10.9 Å². The van der Waals surface area contributed by atoms with Crippen LogP contribution >= 0.6 is 23.4 Å². The molecule has 0 bridgehead atoms. The summed E-state index contributed by atoms with van der Waals surface area (Å²) in [5.41, 5.74) is 0.523. The van der Waals surface area contributed by atoms with Crippen molar-refractivity contribution in [3.8, 4) is 0 Å². The molecular weight excluding hydrogens is 296 g/mol. The van der Waals surface area contributed by atoms with Gasteiger partial charge in [0.25, 0.3) is 5.56 Å². The SMILES string of the molecule is CSc1nc2cc(Cl)ccc2c(=O)n1Cc1ccco1. The summed E-state index contributed by atoms with van der Waals surface area (Å²) in [6.07, 6.45) is 3.48. The number of hydrogen-bond donors (Lipinski definition) is 0. The molecule has 0 N–H and O–H groups in total. The molecule has 3 aromatic rings. The van der Waals surface area contributed by atoms with Gasteiger partial charge in [0.2, 0.25) is 0 Å². The van der Waals surface area contributed by atoms with Gasteiger partial charge in [-0.15, -0.1) is 0 Å². The quantitative estimate of drug-likeness (QED) is 0.549. The number of furan rings is 1. The predicted octanol–water partition coefficient (Wildman–Crippen LogP) is 3.41. The predicted molar refractivity (Wildman–Crippen MR) is 80.6 cm³/mol. The van der Waals surface area contributed by atoms with E-state index in [1.165, 1.54) is 11.8 Å². The lowest BCUT2D eigenvalue weighted by Gasteiger charge is -2.10. The Labute approximate surface area is 124 Å². The molecule has 0 fully saturated rings. The van der Waals surface area contributed by atoms with Crippen molar-refractivity contribution in [2.75, 3.05) is 6.26 Å². The Morgan fingerprint density at radius 3 is 2.95 bits per heavy atom. The van der Waals surface area contributed by atoms with Crippen LogP contribution in [0.15, 0.2) is 51.0 Å². The Morgan fingerprint density at radius 1 is 1.40 bits per heavy atom. The number of rotatable bonds is 3. The van der Waals surface area contributed by atoms with Crippen LogP contribution in [-0.2, 0) is 6.54 Å². The molecule has 6 heteroatoms. The van der Waals surface area contributed by atoms with E-state index in [1.807, 2.05) is 12.3 Å². The minimum atomic E-state index is -0.0904. The zero-order valence-electron chi connectivity index (χ0n) is 10.7. The van der Waals surface area contributed by atoms with Crippen molar-refractivity contribution >= 4 is 34.3 Å². The van der Waals surface area contributed by atoms with Gasteiger partial charge < -0.3 is 4.42 Å². The number of nitrogens with zero attached hydrogens (tertiary/aromatic N) is 2. The Kier molecular flexibility index (Phi) is 3.54. The van der Waals surface area contributed by atoms with Crippen LogP contribution in [0.1, 0.15) is 5.76 Å². The third-order valence-electron chi connectivity index (χ3n) is 2.96. The van der Waals surface area contributed by atoms with Gasteiger partial charge in [0.05, 0.1) is 23.7 Å². The topological polar surface area (TPSA) is 48.0 Å². The molecule has 2 heterocycles. The van der Waals surface area contributed by atoms with Crippen molar-refractivity contribution in [1.82, 2.24) is 9.55 Å². The van der Waals surface area contributed by atoms with Gasteiger partial charge >= 0.3 is 0 Å². The lowest BCUT2D eigenvalue weighted by Crippen LogP contribution is -2.23. The second-order valence-corrected chi connectivity index (χ2v) is 5.44. The van der Waals surface area contributed by atoms with Gasteiger partial charge in [0.1, 0.15) is 5.76 Å². The molecule has 0 aliphatic rings. The summed E-state index contributed by atoms with van der Waals surface area (Å²) < 4.78 is 6.92. The van der Waals surface area contributed by atoms with Crippen LogP contribution in [0.2, 0.25) is 5.02 Å². The van der Waals surface area contributed by atoms with E-state index in [4.69, 9.17) is 16.0 Å². The Hall–Kier alpha value is -1.72. The number of thioether (sulfide) groups is 1. The Morgan fingerprint density at radius 2 is 2.25 bits per heavy atom. The fraction of sp³-hybridized carbons (Fsp3) is 0.143. The van der Waals surface area contributed by atoms with Crippen LogP contribution < -0.4 is 5.56 Å². The summed E-state index contributed by atoms with van der Waals surface area (Å²) >= 11 is 7.37. The van der Waals surface area contributed by atoms with Gasteiger partial charge in [-0.3, -0.25) is 9.36 Å². The molecular formula is C14H11ClN2O2S.